The van der Waals surface area contributed by atoms with Crippen molar-refractivity contribution in [2.45, 2.75) is 97.4 Å². The van der Waals surface area contributed by atoms with E-state index in [0.717, 1.165) is 27.4 Å². The van der Waals surface area contributed by atoms with Crippen LogP contribution in [0.5, 0.6) is 5.75 Å². The summed E-state index contributed by atoms with van der Waals surface area (Å²) >= 11 is 9.02. The summed E-state index contributed by atoms with van der Waals surface area (Å²) < 4.78 is 32.1. The number of pyridine rings is 1. The molecule has 7 rings (SSSR count). The number of anilines is 2. The van der Waals surface area contributed by atoms with E-state index in [0.29, 0.717) is 43.1 Å². The average Bonchev–Trinajstić information content (AvgIpc) is 4.12. The van der Waals surface area contributed by atoms with Crippen molar-refractivity contribution < 1.29 is 42.9 Å². The van der Waals surface area contributed by atoms with E-state index in [2.05, 4.69) is 25.9 Å². The van der Waals surface area contributed by atoms with Crippen LogP contribution in [0.1, 0.15) is 76.2 Å². The van der Waals surface area contributed by atoms with E-state index >= 15 is 0 Å². The number of Topliss-reactive ketones (excluding diaryl/α,β-unsaturated/α-hetero) is 1. The number of hydrogen-bond acceptors (Lipinski definition) is 14. The van der Waals surface area contributed by atoms with E-state index in [-0.39, 0.29) is 99.3 Å². The summed E-state index contributed by atoms with van der Waals surface area (Å²) in [5.74, 6) is -1.82. The lowest BCUT2D eigenvalue weighted by atomic mass is 9.69. The Kier molecular flexibility index (Phi) is 18.1. The number of benzene rings is 2. The van der Waals surface area contributed by atoms with Gasteiger partial charge < -0.3 is 40.2 Å². The molecule has 5 aromatic rings. The number of likely N-dealkylation sites (tertiary alicyclic amines) is 1. The monoisotopic (exact) mass is 1020 g/mol. The molecular formula is C51H61ClFN7O8S2. The number of aliphatic hydroxyl groups is 1. The molecule has 3 atom stereocenters. The van der Waals surface area contributed by atoms with Gasteiger partial charge in [0, 0.05) is 62.1 Å². The van der Waals surface area contributed by atoms with Crippen molar-refractivity contribution in [3.8, 4) is 16.2 Å². The Morgan fingerprint density at radius 2 is 1.73 bits per heavy atom. The first kappa shape index (κ1) is 52.5. The number of nitrogens with zero attached hydrogens (tertiary/aromatic N) is 4. The lowest BCUT2D eigenvalue weighted by Gasteiger charge is -2.39. The number of aryl methyl sites for hydroxylation is 1. The first-order valence-electron chi connectivity index (χ1n) is 23.5. The molecule has 1 aliphatic carbocycles. The van der Waals surface area contributed by atoms with E-state index in [1.807, 2.05) is 81.1 Å². The molecule has 1 aliphatic heterocycles. The second-order valence-corrected chi connectivity index (χ2v) is 21.1. The lowest BCUT2D eigenvalue weighted by Crippen LogP contribution is -2.50. The first-order valence-corrected chi connectivity index (χ1v) is 25.7. The molecule has 0 bridgehead atoms. The molecule has 4 N–H and O–H groups in total. The van der Waals surface area contributed by atoms with Crippen LogP contribution in [0.4, 0.5) is 15.3 Å². The summed E-state index contributed by atoms with van der Waals surface area (Å²) in [4.78, 5) is 70.8. The van der Waals surface area contributed by atoms with E-state index in [4.69, 9.17) is 30.8 Å². The van der Waals surface area contributed by atoms with Gasteiger partial charge in [-0.25, -0.2) is 19.3 Å². The van der Waals surface area contributed by atoms with Gasteiger partial charge in [0.2, 0.25) is 17.7 Å². The van der Waals surface area contributed by atoms with E-state index in [1.54, 1.807) is 29.7 Å². The predicted octanol–water partition coefficient (Wildman–Crippen LogP) is 8.11. The van der Waals surface area contributed by atoms with E-state index < -0.39 is 34.7 Å². The van der Waals surface area contributed by atoms with Crippen molar-refractivity contribution in [1.29, 1.82) is 0 Å². The molecule has 1 saturated heterocycles. The van der Waals surface area contributed by atoms with Crippen molar-refractivity contribution in [2.24, 2.45) is 16.7 Å². The van der Waals surface area contributed by atoms with Gasteiger partial charge in [0.15, 0.2) is 22.5 Å². The number of aromatic nitrogens is 3. The van der Waals surface area contributed by atoms with Crippen LogP contribution in [0.2, 0.25) is 5.02 Å². The predicted molar refractivity (Wildman–Crippen MR) is 268 cm³/mol. The van der Waals surface area contributed by atoms with Crippen molar-refractivity contribution in [3.05, 3.63) is 106 Å². The molecule has 15 nitrogen and oxygen atoms in total. The number of halogens is 2. The van der Waals surface area contributed by atoms with Gasteiger partial charge in [-0.15, -0.1) is 22.7 Å². The van der Waals surface area contributed by atoms with Crippen molar-refractivity contribution in [1.82, 2.24) is 30.5 Å². The van der Waals surface area contributed by atoms with Crippen LogP contribution in [-0.4, -0.2) is 106 Å². The van der Waals surface area contributed by atoms with Gasteiger partial charge in [-0.05, 0) is 73.4 Å². The Labute approximate surface area is 420 Å². The molecule has 2 aromatic carbocycles. The molecule has 374 valence electrons. The maximum atomic E-state index is 14.7. The van der Waals surface area contributed by atoms with Crippen LogP contribution in [0.15, 0.2) is 77.8 Å². The summed E-state index contributed by atoms with van der Waals surface area (Å²) in [7, 11) is 0. The van der Waals surface area contributed by atoms with Crippen molar-refractivity contribution >= 4 is 68.7 Å². The second-order valence-electron chi connectivity index (χ2n) is 19.0. The van der Waals surface area contributed by atoms with Gasteiger partial charge in [-0.2, -0.15) is 0 Å². The number of aliphatic hydroxyl groups excluding tert-OH is 1. The number of amides is 3. The fraction of sp³-hybridized carbons (Fsp3) is 0.471. The van der Waals surface area contributed by atoms with Crippen LogP contribution in [0.3, 0.4) is 0 Å². The molecule has 2 aliphatic rings. The highest BCUT2D eigenvalue weighted by molar-refractivity contribution is 7.13. The number of nitrogens with one attached hydrogen (secondary N) is 3. The Morgan fingerprint density at radius 1 is 0.971 bits per heavy atom. The number of rotatable bonds is 22. The Bertz CT molecular complexity index is 2550. The van der Waals surface area contributed by atoms with Gasteiger partial charge in [0.1, 0.15) is 18.5 Å². The number of ether oxygens (including phenoxy) is 3. The largest absolute Gasteiger partial charge is 0.487 e. The Hall–Kier alpha value is -5.37. The zero-order valence-electron chi connectivity index (χ0n) is 39.9. The molecule has 3 amide bonds. The number of ketones is 1. The Balaban J connectivity index is 0.853. The minimum Gasteiger partial charge on any atom is -0.487 e. The molecule has 2 fully saturated rings. The SMILES string of the molecule is Cc1ncsc1-c1ccc(CNC(=O)[C@@H]2C[C@@H](O)CN2C(=O)[C@@H](CC(=O)COCCOCCNC(=O)C2(Cc3cccc(Nc4nccs4)n3)CCC(Oc3cccc(Cl)c3F)CC2)C(C)(C)C)cc1. The molecule has 1 saturated carbocycles. The number of hydrogen-bond donors (Lipinski definition) is 4. The molecule has 70 heavy (non-hydrogen) atoms. The minimum atomic E-state index is -0.876. The van der Waals surface area contributed by atoms with E-state index in [1.165, 1.54) is 22.3 Å². The molecule has 3 aromatic heterocycles. The summed E-state index contributed by atoms with van der Waals surface area (Å²) in [6, 6.07) is 17.3. The number of β-amino-alcohol motifs (C(OH)–C–C–N with tert-alkyl or cyclic N) is 1. The highest BCUT2D eigenvalue weighted by atomic mass is 35.5. The third kappa shape index (κ3) is 13.9. The lowest BCUT2D eigenvalue weighted by molar-refractivity contribution is -0.146. The molecule has 0 spiro atoms. The third-order valence-corrected chi connectivity index (χ3v) is 14.8. The number of thiazole rings is 2. The van der Waals surface area contributed by atoms with Crippen molar-refractivity contribution in [2.75, 3.05) is 44.8 Å². The quantitative estimate of drug-likeness (QED) is 0.0488. The van der Waals surface area contributed by atoms with Gasteiger partial charge in [-0.1, -0.05) is 68.8 Å². The fourth-order valence-corrected chi connectivity index (χ4v) is 10.4. The smallest absolute Gasteiger partial charge is 0.243 e. The maximum Gasteiger partial charge on any atom is 0.243 e. The van der Waals surface area contributed by atoms with Crippen molar-refractivity contribution in [3.63, 3.8) is 0 Å². The second kappa shape index (κ2) is 24.2. The zero-order chi connectivity index (χ0) is 49.8. The highest BCUT2D eigenvalue weighted by Gasteiger charge is 2.45. The minimum absolute atomic E-state index is 0.00435. The number of carbonyl (C=O) groups excluding carboxylic acids is 4. The third-order valence-electron chi connectivity index (χ3n) is 12.8. The van der Waals surface area contributed by atoms with Crippen LogP contribution in [0.25, 0.3) is 10.4 Å². The van der Waals surface area contributed by atoms with Gasteiger partial charge in [0.25, 0.3) is 0 Å². The molecule has 0 unspecified atom stereocenters. The number of carbonyl (C=O) groups is 4. The summed E-state index contributed by atoms with van der Waals surface area (Å²) in [6.07, 6.45) is 2.87. The zero-order valence-corrected chi connectivity index (χ0v) is 42.3. The van der Waals surface area contributed by atoms with Gasteiger partial charge in [-0.3, -0.25) is 19.2 Å². The van der Waals surface area contributed by atoms with E-state index in [9.17, 15) is 28.7 Å². The highest BCUT2D eigenvalue weighted by Crippen LogP contribution is 2.42. The average molecular weight is 1020 g/mol. The van der Waals surface area contributed by atoms with Crippen LogP contribution < -0.4 is 20.7 Å². The van der Waals surface area contributed by atoms with Gasteiger partial charge in [0.05, 0.1) is 58.5 Å². The topological polar surface area (TPSA) is 194 Å². The normalized spacial score (nSPS) is 19.6. The van der Waals surface area contributed by atoms with Gasteiger partial charge >= 0.3 is 0 Å². The Morgan fingerprint density at radius 3 is 2.44 bits per heavy atom. The molecule has 19 heteroatoms. The summed E-state index contributed by atoms with van der Waals surface area (Å²) in [5, 5.41) is 22.4. The molecule has 0 radical (unpaired) electrons. The maximum absolute atomic E-state index is 14.7. The van der Waals surface area contributed by atoms with Crippen LogP contribution in [0, 0.1) is 29.5 Å². The van der Waals surface area contributed by atoms with Crippen LogP contribution in [-0.2, 0) is 41.6 Å². The molecule has 4 heterocycles. The summed E-state index contributed by atoms with van der Waals surface area (Å²) in [6.45, 7) is 8.29. The summed E-state index contributed by atoms with van der Waals surface area (Å²) in [5.41, 5.74) is 3.99. The fourth-order valence-electron chi connectivity index (χ4n) is 8.94. The molecular weight excluding hydrogens is 957 g/mol. The first-order chi connectivity index (χ1) is 33.6. The standard InChI is InChI=1S/C51H61ClFN7O8S2/c1-32-45(70-31-57-32)34-13-11-33(12-14-34)28-56-46(63)41-26-36(61)29-60(41)47(64)39(50(2,3)4)25-37(62)30-67-23-22-66-21-19-54-48(65)51(27-35-7-5-10-43(58-35)59-49-55-20-24-69-49)17-15-38(16-18-51)68-42-9-6-8-40(52)44(42)53/h5-14,20,24,31,36,38-39,41,61H,15-19,21-23,25-30H2,1-4H3,(H,54,65)(H,56,63)(H,55,58,59)/t36-,38?,39-,41+,51?/m1/s1. The van der Waals surface area contributed by atoms with Crippen LogP contribution >= 0.6 is 34.3 Å².